The van der Waals surface area contributed by atoms with E-state index in [1.165, 1.54) is 27.8 Å². The van der Waals surface area contributed by atoms with Gasteiger partial charge in [0.1, 0.15) is 5.75 Å². The van der Waals surface area contributed by atoms with Crippen LogP contribution in [0.5, 0.6) is 5.75 Å². The molecule has 0 unspecified atom stereocenters. The Bertz CT molecular complexity index is 1010. The Kier molecular flexibility index (Phi) is 6.83. The first-order valence-electron chi connectivity index (χ1n) is 12.1. The van der Waals surface area contributed by atoms with Gasteiger partial charge in [0.05, 0.1) is 19.3 Å². The van der Waals surface area contributed by atoms with Crippen LogP contribution in [0.4, 0.5) is 0 Å². The third-order valence-electron chi connectivity index (χ3n) is 7.97. The van der Waals surface area contributed by atoms with E-state index in [4.69, 9.17) is 9.47 Å². The van der Waals surface area contributed by atoms with Crippen molar-refractivity contribution in [2.45, 2.75) is 64.6 Å². The Morgan fingerprint density at radius 1 is 1.09 bits per heavy atom. The average molecular weight is 451 g/mol. The zero-order chi connectivity index (χ0) is 23.8. The maximum absolute atomic E-state index is 12.6. The van der Waals surface area contributed by atoms with Gasteiger partial charge >= 0.3 is 0 Å². The summed E-state index contributed by atoms with van der Waals surface area (Å²) >= 11 is 0. The van der Waals surface area contributed by atoms with Crippen LogP contribution in [0, 0.1) is 19.8 Å². The zero-order valence-corrected chi connectivity index (χ0v) is 20.9. The lowest BCUT2D eigenvalue weighted by Gasteiger charge is -2.44. The van der Waals surface area contributed by atoms with E-state index >= 15 is 0 Å². The molecule has 1 amide bonds. The number of carbonyl (C=O) groups excluding carboxylic acids is 1. The molecule has 1 saturated heterocycles. The van der Waals surface area contributed by atoms with Crippen molar-refractivity contribution < 1.29 is 14.3 Å². The number of hydrogen-bond donors (Lipinski definition) is 1. The highest BCUT2D eigenvalue weighted by atomic mass is 16.5. The molecule has 1 fully saturated rings. The van der Waals surface area contributed by atoms with Crippen LogP contribution in [0.1, 0.15) is 60.5 Å². The predicted octanol–water partition coefficient (Wildman–Crippen LogP) is 4.69. The second kappa shape index (κ2) is 9.47. The first kappa shape index (κ1) is 23.8. The Labute approximate surface area is 198 Å². The molecule has 2 aromatic rings. The molecule has 1 aliphatic heterocycles. The highest BCUT2D eigenvalue weighted by molar-refractivity contribution is 5.78. The molecule has 5 nitrogen and oxygen atoms in total. The molecule has 0 bridgehead atoms. The number of benzene rings is 2. The van der Waals surface area contributed by atoms with Crippen LogP contribution >= 0.6 is 0 Å². The van der Waals surface area contributed by atoms with Gasteiger partial charge in [0.2, 0.25) is 5.91 Å². The SMILES string of the molecule is COc1ccc(CN2CCC3(CC2)c2ccccc2[C@@H](NC(=O)C(C)C)[C@@H]3OC)c(C)c1C. The van der Waals surface area contributed by atoms with Crippen LogP contribution in [-0.4, -0.2) is 44.2 Å². The summed E-state index contributed by atoms with van der Waals surface area (Å²) < 4.78 is 11.6. The summed E-state index contributed by atoms with van der Waals surface area (Å²) in [5.41, 5.74) is 6.39. The molecule has 2 aliphatic rings. The summed E-state index contributed by atoms with van der Waals surface area (Å²) in [6.45, 7) is 11.2. The van der Waals surface area contributed by atoms with Crippen LogP contribution in [0.3, 0.4) is 0 Å². The third kappa shape index (κ3) is 4.17. The molecule has 1 spiro atoms. The zero-order valence-electron chi connectivity index (χ0n) is 20.9. The fraction of sp³-hybridized carbons (Fsp3) is 0.536. The van der Waals surface area contributed by atoms with Crippen molar-refractivity contribution in [2.24, 2.45) is 5.92 Å². The molecular formula is C28H38N2O3. The number of amides is 1. The summed E-state index contributed by atoms with van der Waals surface area (Å²) in [7, 11) is 3.52. The maximum atomic E-state index is 12.6. The summed E-state index contributed by atoms with van der Waals surface area (Å²) in [6.07, 6.45) is 1.99. The van der Waals surface area contributed by atoms with E-state index in [1.54, 1.807) is 14.2 Å². The van der Waals surface area contributed by atoms with E-state index in [2.05, 4.69) is 60.5 Å². The van der Waals surface area contributed by atoms with E-state index in [1.807, 2.05) is 13.8 Å². The Morgan fingerprint density at radius 2 is 1.79 bits per heavy atom. The number of hydrogen-bond acceptors (Lipinski definition) is 4. The van der Waals surface area contributed by atoms with Gasteiger partial charge in [0, 0.05) is 25.0 Å². The quantitative estimate of drug-likeness (QED) is 0.694. The molecular weight excluding hydrogens is 412 g/mol. The van der Waals surface area contributed by atoms with Crippen molar-refractivity contribution in [3.63, 3.8) is 0 Å². The second-order valence-electron chi connectivity index (χ2n) is 9.99. The molecule has 0 saturated carbocycles. The van der Waals surface area contributed by atoms with E-state index in [9.17, 15) is 4.79 Å². The first-order chi connectivity index (χ1) is 15.8. The van der Waals surface area contributed by atoms with Crippen LogP contribution in [0.2, 0.25) is 0 Å². The van der Waals surface area contributed by atoms with Gasteiger partial charge in [0.25, 0.3) is 0 Å². The predicted molar refractivity (Wildman–Crippen MR) is 132 cm³/mol. The number of carbonyl (C=O) groups is 1. The summed E-state index contributed by atoms with van der Waals surface area (Å²) in [5.74, 6) is 0.981. The number of nitrogens with one attached hydrogen (secondary N) is 1. The number of nitrogens with zero attached hydrogens (tertiary/aromatic N) is 1. The molecule has 2 atom stereocenters. The minimum absolute atomic E-state index is 0.0512. The Morgan fingerprint density at radius 3 is 2.42 bits per heavy atom. The first-order valence-corrected chi connectivity index (χ1v) is 12.1. The maximum Gasteiger partial charge on any atom is 0.223 e. The Hall–Kier alpha value is -2.37. The number of fused-ring (bicyclic) bond motifs is 2. The fourth-order valence-electron chi connectivity index (χ4n) is 5.84. The molecule has 1 aliphatic carbocycles. The van der Waals surface area contributed by atoms with Crippen molar-refractivity contribution in [3.8, 4) is 5.75 Å². The van der Waals surface area contributed by atoms with Crippen LogP contribution < -0.4 is 10.1 Å². The molecule has 2 aromatic carbocycles. The topological polar surface area (TPSA) is 50.8 Å². The normalized spacial score (nSPS) is 21.9. The third-order valence-corrected chi connectivity index (χ3v) is 7.97. The lowest BCUT2D eigenvalue weighted by Crippen LogP contribution is -2.50. The molecule has 4 rings (SSSR count). The van der Waals surface area contributed by atoms with Gasteiger partial charge in [0.15, 0.2) is 0 Å². The fourth-order valence-corrected chi connectivity index (χ4v) is 5.84. The van der Waals surface area contributed by atoms with Gasteiger partial charge in [-0.15, -0.1) is 0 Å². The number of rotatable bonds is 6. The van der Waals surface area contributed by atoms with Crippen LogP contribution in [0.15, 0.2) is 36.4 Å². The standard InChI is InChI=1S/C28H38N2O3/c1-18(2)27(31)29-25-22-9-7-8-10-23(22)28(26(25)33-6)13-15-30(16-14-28)17-21-11-12-24(32-5)20(4)19(21)3/h7-12,18,25-26H,13-17H2,1-6H3,(H,29,31)/t25-,26+/m1/s1. The van der Waals surface area contributed by atoms with Crippen molar-refractivity contribution in [2.75, 3.05) is 27.3 Å². The molecule has 1 N–H and O–H groups in total. The molecule has 5 heteroatoms. The number of ether oxygens (including phenoxy) is 2. The monoisotopic (exact) mass is 450 g/mol. The number of piperidine rings is 1. The van der Waals surface area contributed by atoms with E-state index in [0.717, 1.165) is 38.2 Å². The second-order valence-corrected chi connectivity index (χ2v) is 9.99. The summed E-state index contributed by atoms with van der Waals surface area (Å²) in [5, 5.41) is 3.29. The van der Waals surface area contributed by atoms with Crippen molar-refractivity contribution in [1.29, 1.82) is 0 Å². The minimum Gasteiger partial charge on any atom is -0.496 e. The van der Waals surface area contributed by atoms with Crippen molar-refractivity contribution in [3.05, 3.63) is 64.2 Å². The average Bonchev–Trinajstić information content (AvgIpc) is 3.07. The number of likely N-dealkylation sites (tertiary alicyclic amines) is 1. The minimum atomic E-state index is -0.0980. The molecule has 1 heterocycles. The van der Waals surface area contributed by atoms with E-state index in [-0.39, 0.29) is 29.4 Å². The summed E-state index contributed by atoms with van der Waals surface area (Å²) in [6, 6.07) is 12.8. The van der Waals surface area contributed by atoms with Gasteiger partial charge in [-0.2, -0.15) is 0 Å². The van der Waals surface area contributed by atoms with Crippen molar-refractivity contribution >= 4 is 5.91 Å². The van der Waals surface area contributed by atoms with Gasteiger partial charge in [-0.05, 0) is 73.7 Å². The van der Waals surface area contributed by atoms with Crippen LogP contribution in [0.25, 0.3) is 0 Å². The molecule has 0 radical (unpaired) electrons. The van der Waals surface area contributed by atoms with Crippen molar-refractivity contribution in [1.82, 2.24) is 10.2 Å². The lowest BCUT2D eigenvalue weighted by molar-refractivity contribution is -0.126. The smallest absolute Gasteiger partial charge is 0.223 e. The highest BCUT2D eigenvalue weighted by Gasteiger charge is 2.54. The van der Waals surface area contributed by atoms with Gasteiger partial charge in [-0.25, -0.2) is 0 Å². The van der Waals surface area contributed by atoms with E-state index < -0.39 is 0 Å². The van der Waals surface area contributed by atoms with Gasteiger partial charge in [-0.3, -0.25) is 9.69 Å². The summed E-state index contributed by atoms with van der Waals surface area (Å²) in [4.78, 5) is 15.2. The molecule has 178 valence electrons. The lowest BCUT2D eigenvalue weighted by atomic mass is 9.71. The van der Waals surface area contributed by atoms with E-state index in [0.29, 0.717) is 0 Å². The van der Waals surface area contributed by atoms with Gasteiger partial charge < -0.3 is 14.8 Å². The largest absolute Gasteiger partial charge is 0.496 e. The number of methoxy groups -OCH3 is 2. The molecule has 33 heavy (non-hydrogen) atoms. The molecule has 0 aromatic heterocycles. The highest BCUT2D eigenvalue weighted by Crippen LogP contribution is 2.52. The van der Waals surface area contributed by atoms with Gasteiger partial charge in [-0.1, -0.05) is 44.2 Å². The van der Waals surface area contributed by atoms with Crippen LogP contribution in [-0.2, 0) is 21.5 Å². The Balaban J connectivity index is 1.55.